The maximum Gasteiger partial charge on any atom is 0.267 e. The molecule has 0 N–H and O–H groups in total. The molecule has 120 valence electrons. The van der Waals surface area contributed by atoms with Crippen molar-refractivity contribution < 1.29 is 9.53 Å². The molecule has 2 aromatic rings. The normalized spacial score (nSPS) is 15.0. The summed E-state index contributed by atoms with van der Waals surface area (Å²) >= 11 is 0. The zero-order valence-electron chi connectivity index (χ0n) is 14.0. The molecule has 1 amide bonds. The van der Waals surface area contributed by atoms with Gasteiger partial charge in [-0.3, -0.25) is 4.79 Å². The standard InChI is InChI=1S/C20H23NO2/c1-14-10-11-18(13-15(14)2)23-16(3)20(22)21-12-6-8-17-7-4-5-9-19(17)21/h4-5,7,9-11,13,16H,6,8,12H2,1-3H3/t16-/m1/s1. The van der Waals surface area contributed by atoms with Crippen LogP contribution in [0.1, 0.15) is 30.0 Å². The maximum absolute atomic E-state index is 12.8. The predicted molar refractivity (Wildman–Crippen MR) is 93.1 cm³/mol. The Hall–Kier alpha value is -2.29. The van der Waals surface area contributed by atoms with Gasteiger partial charge in [-0.25, -0.2) is 0 Å². The Bertz CT molecular complexity index is 723. The number of carbonyl (C=O) groups excluding carboxylic acids is 1. The summed E-state index contributed by atoms with van der Waals surface area (Å²) < 4.78 is 5.89. The summed E-state index contributed by atoms with van der Waals surface area (Å²) in [5, 5.41) is 0. The molecule has 0 radical (unpaired) electrons. The van der Waals surface area contributed by atoms with Crippen molar-refractivity contribution in [2.75, 3.05) is 11.4 Å². The first-order valence-electron chi connectivity index (χ1n) is 8.19. The monoisotopic (exact) mass is 309 g/mol. The summed E-state index contributed by atoms with van der Waals surface area (Å²) in [4.78, 5) is 14.7. The fourth-order valence-electron chi connectivity index (χ4n) is 3.02. The Morgan fingerprint density at radius 1 is 1.13 bits per heavy atom. The molecule has 1 aliphatic heterocycles. The molecule has 0 unspecified atom stereocenters. The SMILES string of the molecule is Cc1ccc(O[C@H](C)C(=O)N2CCCc3ccccc32)cc1C. The molecule has 3 nitrogen and oxygen atoms in total. The Morgan fingerprint density at radius 3 is 2.70 bits per heavy atom. The Balaban J connectivity index is 1.76. The summed E-state index contributed by atoms with van der Waals surface area (Å²) in [6, 6.07) is 14.1. The van der Waals surface area contributed by atoms with Gasteiger partial charge >= 0.3 is 0 Å². The highest BCUT2D eigenvalue weighted by Gasteiger charge is 2.27. The highest BCUT2D eigenvalue weighted by atomic mass is 16.5. The molecule has 0 fully saturated rings. The number of amides is 1. The number of aryl methyl sites for hydroxylation is 3. The minimum atomic E-state index is -0.497. The van der Waals surface area contributed by atoms with E-state index in [2.05, 4.69) is 19.9 Å². The number of benzene rings is 2. The molecule has 0 spiro atoms. The van der Waals surface area contributed by atoms with Crippen molar-refractivity contribution in [3.05, 3.63) is 59.2 Å². The van der Waals surface area contributed by atoms with Gasteiger partial charge in [0.1, 0.15) is 5.75 Å². The number of para-hydroxylation sites is 1. The van der Waals surface area contributed by atoms with E-state index in [9.17, 15) is 4.79 Å². The molecule has 2 aromatic carbocycles. The second-order valence-corrected chi connectivity index (χ2v) is 6.23. The molecular weight excluding hydrogens is 286 g/mol. The van der Waals surface area contributed by atoms with Gasteiger partial charge in [0.05, 0.1) is 0 Å². The zero-order chi connectivity index (χ0) is 16.4. The first kappa shape index (κ1) is 15.6. The third-order valence-electron chi connectivity index (χ3n) is 4.52. The van der Waals surface area contributed by atoms with E-state index in [4.69, 9.17) is 4.74 Å². The van der Waals surface area contributed by atoms with E-state index in [1.54, 1.807) is 0 Å². The van der Waals surface area contributed by atoms with Gasteiger partial charge in [-0.15, -0.1) is 0 Å². The van der Waals surface area contributed by atoms with Crippen LogP contribution in [0.2, 0.25) is 0 Å². The predicted octanol–water partition coefficient (Wildman–Crippen LogP) is 4.05. The number of nitrogens with zero attached hydrogens (tertiary/aromatic N) is 1. The van der Waals surface area contributed by atoms with Crippen molar-refractivity contribution in [2.45, 2.75) is 39.7 Å². The molecule has 3 heteroatoms. The Kier molecular flexibility index (Phi) is 4.37. The molecular formula is C20H23NO2. The number of rotatable bonds is 3. The number of anilines is 1. The number of hydrogen-bond acceptors (Lipinski definition) is 2. The summed E-state index contributed by atoms with van der Waals surface area (Å²) in [6.45, 7) is 6.71. The van der Waals surface area contributed by atoms with Crippen LogP contribution in [0.4, 0.5) is 5.69 Å². The van der Waals surface area contributed by atoms with Crippen molar-refractivity contribution in [1.82, 2.24) is 0 Å². The molecule has 0 saturated heterocycles. The van der Waals surface area contributed by atoms with E-state index in [-0.39, 0.29) is 5.91 Å². The lowest BCUT2D eigenvalue weighted by Crippen LogP contribution is -2.43. The van der Waals surface area contributed by atoms with Gasteiger partial charge in [-0.1, -0.05) is 24.3 Å². The zero-order valence-corrected chi connectivity index (χ0v) is 14.0. The van der Waals surface area contributed by atoms with E-state index in [0.717, 1.165) is 30.8 Å². The van der Waals surface area contributed by atoms with Gasteiger partial charge in [0.2, 0.25) is 0 Å². The Labute approximate surface area is 137 Å². The van der Waals surface area contributed by atoms with Crippen molar-refractivity contribution in [3.63, 3.8) is 0 Å². The van der Waals surface area contributed by atoms with Gasteiger partial charge in [0, 0.05) is 12.2 Å². The van der Waals surface area contributed by atoms with E-state index in [0.29, 0.717) is 0 Å². The van der Waals surface area contributed by atoms with Gasteiger partial charge < -0.3 is 9.64 Å². The van der Waals surface area contributed by atoms with Crippen LogP contribution in [0.25, 0.3) is 0 Å². The van der Waals surface area contributed by atoms with Crippen molar-refractivity contribution in [1.29, 1.82) is 0 Å². The van der Waals surface area contributed by atoms with E-state index >= 15 is 0 Å². The molecule has 1 aliphatic rings. The summed E-state index contributed by atoms with van der Waals surface area (Å²) in [7, 11) is 0. The molecule has 1 heterocycles. The minimum Gasteiger partial charge on any atom is -0.481 e. The van der Waals surface area contributed by atoms with E-state index in [1.807, 2.05) is 48.2 Å². The molecule has 23 heavy (non-hydrogen) atoms. The van der Waals surface area contributed by atoms with Crippen LogP contribution in [0.3, 0.4) is 0 Å². The van der Waals surface area contributed by atoms with E-state index in [1.165, 1.54) is 16.7 Å². The van der Waals surface area contributed by atoms with E-state index < -0.39 is 6.10 Å². The quantitative estimate of drug-likeness (QED) is 0.856. The maximum atomic E-state index is 12.8. The van der Waals surface area contributed by atoms with Crippen LogP contribution in [0, 0.1) is 13.8 Å². The highest BCUT2D eigenvalue weighted by Crippen LogP contribution is 2.28. The number of hydrogen-bond donors (Lipinski definition) is 0. The van der Waals surface area contributed by atoms with Gasteiger partial charge in [-0.05, 0) is 68.5 Å². The second kappa shape index (κ2) is 6.45. The number of carbonyl (C=O) groups is 1. The molecule has 0 saturated carbocycles. The Morgan fingerprint density at radius 2 is 1.91 bits per heavy atom. The van der Waals surface area contributed by atoms with Gasteiger partial charge in [0.15, 0.2) is 6.10 Å². The molecule has 3 rings (SSSR count). The molecule has 0 aromatic heterocycles. The lowest BCUT2D eigenvalue weighted by atomic mass is 10.0. The topological polar surface area (TPSA) is 29.5 Å². The molecule has 0 aliphatic carbocycles. The largest absolute Gasteiger partial charge is 0.481 e. The first-order valence-corrected chi connectivity index (χ1v) is 8.19. The molecule has 0 bridgehead atoms. The summed E-state index contributed by atoms with van der Waals surface area (Å²) in [5.41, 5.74) is 4.66. The first-order chi connectivity index (χ1) is 11.1. The molecule has 1 atom stereocenters. The van der Waals surface area contributed by atoms with Crippen molar-refractivity contribution in [2.24, 2.45) is 0 Å². The van der Waals surface area contributed by atoms with Crippen LogP contribution >= 0.6 is 0 Å². The number of fused-ring (bicyclic) bond motifs is 1. The van der Waals surface area contributed by atoms with Gasteiger partial charge in [-0.2, -0.15) is 0 Å². The van der Waals surface area contributed by atoms with Crippen LogP contribution < -0.4 is 9.64 Å². The fraction of sp³-hybridized carbons (Fsp3) is 0.350. The summed E-state index contributed by atoms with van der Waals surface area (Å²) in [6.07, 6.45) is 1.54. The van der Waals surface area contributed by atoms with Crippen LogP contribution in [-0.2, 0) is 11.2 Å². The third kappa shape index (κ3) is 3.24. The lowest BCUT2D eigenvalue weighted by molar-refractivity contribution is -0.124. The van der Waals surface area contributed by atoms with Crippen molar-refractivity contribution >= 4 is 11.6 Å². The van der Waals surface area contributed by atoms with Crippen LogP contribution in [-0.4, -0.2) is 18.6 Å². The van der Waals surface area contributed by atoms with Crippen LogP contribution in [0.5, 0.6) is 5.75 Å². The van der Waals surface area contributed by atoms with Crippen molar-refractivity contribution in [3.8, 4) is 5.75 Å². The van der Waals surface area contributed by atoms with Gasteiger partial charge in [0.25, 0.3) is 5.91 Å². The average molecular weight is 309 g/mol. The third-order valence-corrected chi connectivity index (χ3v) is 4.52. The highest BCUT2D eigenvalue weighted by molar-refractivity contribution is 5.97. The average Bonchev–Trinajstić information content (AvgIpc) is 2.57. The fourth-order valence-corrected chi connectivity index (χ4v) is 3.02. The lowest BCUT2D eigenvalue weighted by Gasteiger charge is -2.31. The minimum absolute atomic E-state index is 0.0235. The summed E-state index contributed by atoms with van der Waals surface area (Å²) in [5.74, 6) is 0.773. The smallest absolute Gasteiger partial charge is 0.267 e. The number of ether oxygens (including phenoxy) is 1. The second-order valence-electron chi connectivity index (χ2n) is 6.23. The van der Waals surface area contributed by atoms with Crippen LogP contribution in [0.15, 0.2) is 42.5 Å².